The van der Waals surface area contributed by atoms with Gasteiger partial charge in [0.15, 0.2) is 0 Å². The number of hydrogen-bond acceptors (Lipinski definition) is 3. The van der Waals surface area contributed by atoms with E-state index < -0.39 is 6.10 Å². The van der Waals surface area contributed by atoms with E-state index in [-0.39, 0.29) is 5.82 Å². The maximum Gasteiger partial charge on any atom is 0.137 e. The lowest BCUT2D eigenvalue weighted by Gasteiger charge is -2.13. The summed E-state index contributed by atoms with van der Waals surface area (Å²) in [6.45, 7) is 3.64. The van der Waals surface area contributed by atoms with Crippen molar-refractivity contribution in [3.8, 4) is 0 Å². The van der Waals surface area contributed by atoms with Crippen LogP contribution in [0.1, 0.15) is 28.6 Å². The second-order valence-electron chi connectivity index (χ2n) is 4.49. The van der Waals surface area contributed by atoms with Gasteiger partial charge in [0, 0.05) is 12.0 Å². The molecule has 0 fully saturated rings. The van der Waals surface area contributed by atoms with Crippen molar-refractivity contribution in [2.45, 2.75) is 26.4 Å². The van der Waals surface area contributed by atoms with E-state index in [4.69, 9.17) is 0 Å². The molecule has 5 heteroatoms. The SMILES string of the molecule is Cc1cc(C(O)Cc2ccc(F)c(Br)c2)c(C)nn1. The first-order valence-electron chi connectivity index (χ1n) is 5.90. The smallest absolute Gasteiger partial charge is 0.137 e. The highest BCUT2D eigenvalue weighted by Gasteiger charge is 2.14. The van der Waals surface area contributed by atoms with Gasteiger partial charge in [-0.05, 0) is 53.5 Å². The first-order chi connectivity index (χ1) is 8.97. The van der Waals surface area contributed by atoms with Crippen molar-refractivity contribution >= 4 is 15.9 Å². The van der Waals surface area contributed by atoms with E-state index in [1.165, 1.54) is 6.07 Å². The van der Waals surface area contributed by atoms with Crippen molar-refractivity contribution in [3.05, 3.63) is 57.1 Å². The molecule has 1 unspecified atom stereocenters. The van der Waals surface area contributed by atoms with Crippen molar-refractivity contribution in [2.75, 3.05) is 0 Å². The van der Waals surface area contributed by atoms with Gasteiger partial charge in [-0.1, -0.05) is 6.07 Å². The highest BCUT2D eigenvalue weighted by atomic mass is 79.9. The summed E-state index contributed by atoms with van der Waals surface area (Å²) >= 11 is 3.14. The topological polar surface area (TPSA) is 46.0 Å². The molecule has 1 aromatic heterocycles. The predicted octanol–water partition coefficient (Wildman–Crippen LogP) is 3.27. The van der Waals surface area contributed by atoms with Crippen molar-refractivity contribution < 1.29 is 9.50 Å². The predicted molar refractivity (Wildman–Crippen MR) is 74.3 cm³/mol. The number of aliphatic hydroxyl groups excluding tert-OH is 1. The van der Waals surface area contributed by atoms with Crippen LogP contribution in [0.4, 0.5) is 4.39 Å². The van der Waals surface area contributed by atoms with Crippen molar-refractivity contribution in [1.82, 2.24) is 10.2 Å². The summed E-state index contributed by atoms with van der Waals surface area (Å²) in [5.74, 6) is -0.309. The van der Waals surface area contributed by atoms with Gasteiger partial charge in [-0.15, -0.1) is 0 Å². The number of rotatable bonds is 3. The van der Waals surface area contributed by atoms with Crippen molar-refractivity contribution in [3.63, 3.8) is 0 Å². The molecule has 0 bridgehead atoms. The molecular formula is C14H14BrFN2O. The van der Waals surface area contributed by atoms with Crippen LogP contribution in [-0.2, 0) is 6.42 Å². The Morgan fingerprint density at radius 1 is 1.26 bits per heavy atom. The highest BCUT2D eigenvalue weighted by molar-refractivity contribution is 9.10. The Hall–Kier alpha value is -1.33. The summed E-state index contributed by atoms with van der Waals surface area (Å²) in [7, 11) is 0. The minimum Gasteiger partial charge on any atom is -0.388 e. The molecule has 1 heterocycles. The van der Waals surface area contributed by atoms with Crippen LogP contribution in [-0.4, -0.2) is 15.3 Å². The molecule has 0 radical (unpaired) electrons. The Morgan fingerprint density at radius 2 is 2.00 bits per heavy atom. The van der Waals surface area contributed by atoms with Crippen LogP contribution in [0, 0.1) is 19.7 Å². The molecule has 1 atom stereocenters. The molecule has 0 aliphatic rings. The lowest BCUT2D eigenvalue weighted by atomic mass is 10.0. The first-order valence-corrected chi connectivity index (χ1v) is 6.69. The van der Waals surface area contributed by atoms with E-state index in [2.05, 4.69) is 26.1 Å². The minimum atomic E-state index is -0.674. The fourth-order valence-electron chi connectivity index (χ4n) is 1.91. The van der Waals surface area contributed by atoms with Gasteiger partial charge in [-0.3, -0.25) is 0 Å². The Bertz CT molecular complexity index is 604. The van der Waals surface area contributed by atoms with Crippen LogP contribution in [0.5, 0.6) is 0 Å². The average Bonchev–Trinajstić information content (AvgIpc) is 2.36. The summed E-state index contributed by atoms with van der Waals surface area (Å²) in [6.07, 6.45) is -0.267. The van der Waals surface area contributed by atoms with Crippen LogP contribution in [0.15, 0.2) is 28.7 Å². The summed E-state index contributed by atoms with van der Waals surface area (Å²) in [6, 6.07) is 6.55. The third-order valence-corrected chi connectivity index (χ3v) is 3.52. The van der Waals surface area contributed by atoms with Crippen molar-refractivity contribution in [1.29, 1.82) is 0 Å². The molecule has 0 amide bonds. The van der Waals surface area contributed by atoms with Gasteiger partial charge in [0.05, 0.1) is 22.0 Å². The van der Waals surface area contributed by atoms with Crippen LogP contribution < -0.4 is 0 Å². The van der Waals surface area contributed by atoms with Crippen LogP contribution in [0.2, 0.25) is 0 Å². The fourth-order valence-corrected chi connectivity index (χ4v) is 2.33. The van der Waals surface area contributed by atoms with Gasteiger partial charge in [-0.25, -0.2) is 4.39 Å². The highest BCUT2D eigenvalue weighted by Crippen LogP contribution is 2.23. The monoisotopic (exact) mass is 324 g/mol. The summed E-state index contributed by atoms with van der Waals surface area (Å²) in [4.78, 5) is 0. The average molecular weight is 325 g/mol. The molecule has 0 aliphatic heterocycles. The standard InChI is InChI=1S/C14H14BrFN2O/c1-8-5-11(9(2)18-17-8)14(19)7-10-3-4-13(16)12(15)6-10/h3-6,14,19H,7H2,1-2H3. The van der Waals surface area contributed by atoms with E-state index >= 15 is 0 Å². The molecule has 3 nitrogen and oxygen atoms in total. The van der Waals surface area contributed by atoms with E-state index in [0.717, 1.165) is 16.8 Å². The Kier molecular flexibility index (Phi) is 4.27. The molecule has 2 rings (SSSR count). The van der Waals surface area contributed by atoms with E-state index in [0.29, 0.717) is 16.6 Å². The molecule has 1 N–H and O–H groups in total. The quantitative estimate of drug-likeness (QED) is 0.942. The summed E-state index contributed by atoms with van der Waals surface area (Å²) < 4.78 is 13.5. The zero-order chi connectivity index (χ0) is 14.0. The van der Waals surface area contributed by atoms with Gasteiger partial charge in [-0.2, -0.15) is 10.2 Å². The van der Waals surface area contributed by atoms with E-state index in [9.17, 15) is 9.50 Å². The van der Waals surface area contributed by atoms with E-state index in [1.807, 2.05) is 19.9 Å². The maximum absolute atomic E-state index is 13.1. The maximum atomic E-state index is 13.1. The number of aryl methyl sites for hydroxylation is 2. The number of benzene rings is 1. The van der Waals surface area contributed by atoms with Crippen LogP contribution in [0.3, 0.4) is 0 Å². The van der Waals surface area contributed by atoms with Gasteiger partial charge in [0.2, 0.25) is 0 Å². The number of nitrogens with zero attached hydrogens (tertiary/aromatic N) is 2. The minimum absolute atomic E-state index is 0.309. The molecule has 100 valence electrons. The summed E-state index contributed by atoms with van der Waals surface area (Å²) in [5, 5.41) is 18.2. The number of halogens is 2. The zero-order valence-corrected chi connectivity index (χ0v) is 12.3. The lowest BCUT2D eigenvalue weighted by Crippen LogP contribution is -2.07. The first kappa shape index (κ1) is 14.1. The molecule has 19 heavy (non-hydrogen) atoms. The number of aliphatic hydroxyl groups is 1. The van der Waals surface area contributed by atoms with Gasteiger partial charge in [0.25, 0.3) is 0 Å². The third-order valence-electron chi connectivity index (χ3n) is 2.91. The molecule has 2 aromatic rings. The second kappa shape index (κ2) is 5.75. The van der Waals surface area contributed by atoms with Gasteiger partial charge < -0.3 is 5.11 Å². The normalized spacial score (nSPS) is 12.5. The Balaban J connectivity index is 2.22. The largest absolute Gasteiger partial charge is 0.388 e. The molecular weight excluding hydrogens is 311 g/mol. The molecule has 0 spiro atoms. The van der Waals surface area contributed by atoms with Gasteiger partial charge >= 0.3 is 0 Å². The number of hydrogen-bond donors (Lipinski definition) is 1. The van der Waals surface area contributed by atoms with Gasteiger partial charge in [0.1, 0.15) is 5.82 Å². The van der Waals surface area contributed by atoms with Crippen molar-refractivity contribution in [2.24, 2.45) is 0 Å². The zero-order valence-electron chi connectivity index (χ0n) is 10.7. The molecule has 0 saturated carbocycles. The molecule has 0 aliphatic carbocycles. The second-order valence-corrected chi connectivity index (χ2v) is 5.35. The lowest BCUT2D eigenvalue weighted by molar-refractivity contribution is 0.177. The third kappa shape index (κ3) is 3.36. The molecule has 0 saturated heterocycles. The Morgan fingerprint density at radius 3 is 2.68 bits per heavy atom. The summed E-state index contributed by atoms with van der Waals surface area (Å²) in [5.41, 5.74) is 3.09. The number of aromatic nitrogens is 2. The molecule has 1 aromatic carbocycles. The van der Waals surface area contributed by atoms with E-state index in [1.54, 1.807) is 12.1 Å². The Labute approximate surface area is 119 Å². The fraction of sp³-hybridized carbons (Fsp3) is 0.286. The van der Waals surface area contributed by atoms with Crippen LogP contribution in [0.25, 0.3) is 0 Å². The van der Waals surface area contributed by atoms with Crippen LogP contribution >= 0.6 is 15.9 Å².